The zero-order chi connectivity index (χ0) is 26.8. The average Bonchev–Trinajstić information content (AvgIpc) is 2.93. The van der Waals surface area contributed by atoms with Gasteiger partial charge in [0.2, 0.25) is 0 Å². The fourth-order valence-corrected chi connectivity index (χ4v) is 7.94. The van der Waals surface area contributed by atoms with Crippen LogP contribution in [0.25, 0.3) is 0 Å². The SMILES string of the molecule is C[C@@H](c1ccc(C2(C3CCCCC3)CCCCC2)cc1)N1CC[C@](CC(C)(C)O)(c2ccccc2)OC1=O. The van der Waals surface area contributed by atoms with Gasteiger partial charge in [0.25, 0.3) is 0 Å². The molecule has 1 heterocycles. The summed E-state index contributed by atoms with van der Waals surface area (Å²) in [6.45, 7) is 6.28. The van der Waals surface area contributed by atoms with Crippen LogP contribution in [0.4, 0.5) is 4.79 Å². The maximum Gasteiger partial charge on any atom is 0.411 e. The Morgan fingerprint density at radius 3 is 2.13 bits per heavy atom. The van der Waals surface area contributed by atoms with E-state index in [1.165, 1.54) is 69.8 Å². The largest absolute Gasteiger partial charge is 0.438 e. The Balaban J connectivity index is 1.34. The number of amides is 1. The van der Waals surface area contributed by atoms with E-state index in [1.54, 1.807) is 13.8 Å². The second-order valence-corrected chi connectivity index (χ2v) is 13.0. The summed E-state index contributed by atoms with van der Waals surface area (Å²) in [7, 11) is 0. The number of hydrogen-bond acceptors (Lipinski definition) is 3. The van der Waals surface area contributed by atoms with Crippen LogP contribution in [0.1, 0.15) is 121 Å². The Labute approximate surface area is 229 Å². The van der Waals surface area contributed by atoms with Crippen LogP contribution < -0.4 is 0 Å². The van der Waals surface area contributed by atoms with Gasteiger partial charge < -0.3 is 14.7 Å². The molecule has 1 N–H and O–H groups in total. The summed E-state index contributed by atoms with van der Waals surface area (Å²) in [6, 6.07) is 19.1. The molecule has 2 saturated carbocycles. The molecule has 3 aliphatic rings. The van der Waals surface area contributed by atoms with Crippen molar-refractivity contribution in [2.45, 2.75) is 120 Å². The van der Waals surface area contributed by atoms with Crippen LogP contribution in [0.5, 0.6) is 0 Å². The molecule has 0 radical (unpaired) electrons. The molecule has 0 spiro atoms. The standard InChI is InChI=1S/C34H47NO3/c1-26(35-24-23-34(38-31(35)36,25-32(2,3)37)30-15-9-5-10-16-30)27-17-19-29(20-18-27)33(21-11-6-12-22-33)28-13-7-4-8-14-28/h5,9-10,15-20,26,28,37H,4,6-8,11-14,21-25H2,1-3H3/t26-,34-/m0/s1. The van der Waals surface area contributed by atoms with Crippen molar-refractivity contribution in [3.05, 3.63) is 71.3 Å². The Morgan fingerprint density at radius 1 is 0.895 bits per heavy atom. The molecule has 2 aromatic rings. The summed E-state index contributed by atoms with van der Waals surface area (Å²) < 4.78 is 6.23. The predicted molar refractivity (Wildman–Crippen MR) is 153 cm³/mol. The number of benzene rings is 2. The summed E-state index contributed by atoms with van der Waals surface area (Å²) in [5.41, 5.74) is 2.21. The average molecular weight is 518 g/mol. The smallest absolute Gasteiger partial charge is 0.411 e. The predicted octanol–water partition coefficient (Wildman–Crippen LogP) is 8.43. The summed E-state index contributed by atoms with van der Waals surface area (Å²) in [5, 5.41) is 10.7. The van der Waals surface area contributed by atoms with Crippen molar-refractivity contribution in [1.82, 2.24) is 4.90 Å². The lowest BCUT2D eigenvalue weighted by Gasteiger charge is -2.46. The van der Waals surface area contributed by atoms with Crippen LogP contribution >= 0.6 is 0 Å². The fourth-order valence-electron chi connectivity index (χ4n) is 7.94. The number of cyclic esters (lactones) is 1. The van der Waals surface area contributed by atoms with Crippen molar-refractivity contribution in [1.29, 1.82) is 0 Å². The molecule has 2 aliphatic carbocycles. The van der Waals surface area contributed by atoms with Crippen molar-refractivity contribution < 1.29 is 14.6 Å². The first-order chi connectivity index (χ1) is 18.2. The molecule has 2 aromatic carbocycles. The Kier molecular flexibility index (Phi) is 7.91. The quantitative estimate of drug-likeness (QED) is 0.401. The molecule has 0 aromatic heterocycles. The molecule has 4 nitrogen and oxygen atoms in total. The van der Waals surface area contributed by atoms with Gasteiger partial charge in [0.05, 0.1) is 11.6 Å². The van der Waals surface area contributed by atoms with E-state index in [2.05, 4.69) is 31.2 Å². The third-order valence-electron chi connectivity index (χ3n) is 9.86. The number of aliphatic hydroxyl groups is 1. The second kappa shape index (κ2) is 11.0. The molecule has 1 saturated heterocycles. The molecule has 0 unspecified atom stereocenters. The normalized spacial score (nSPS) is 25.6. The van der Waals surface area contributed by atoms with E-state index in [0.717, 1.165) is 17.0 Å². The minimum absolute atomic E-state index is 0.0653. The molecule has 1 aliphatic heterocycles. The highest BCUT2D eigenvalue weighted by Gasteiger charge is 2.46. The Bertz CT molecular complexity index is 1060. The van der Waals surface area contributed by atoms with Crippen LogP contribution in [0.15, 0.2) is 54.6 Å². The highest BCUT2D eigenvalue weighted by Crippen LogP contribution is 2.50. The molecule has 38 heavy (non-hydrogen) atoms. The number of carbonyl (C=O) groups is 1. The summed E-state index contributed by atoms with van der Waals surface area (Å²) >= 11 is 0. The fraction of sp³-hybridized carbons (Fsp3) is 0.618. The first-order valence-corrected chi connectivity index (χ1v) is 15.1. The summed E-state index contributed by atoms with van der Waals surface area (Å²) in [4.78, 5) is 15.3. The topological polar surface area (TPSA) is 49.8 Å². The third-order valence-corrected chi connectivity index (χ3v) is 9.86. The van der Waals surface area contributed by atoms with E-state index in [4.69, 9.17) is 4.74 Å². The second-order valence-electron chi connectivity index (χ2n) is 13.0. The third kappa shape index (κ3) is 5.52. The van der Waals surface area contributed by atoms with Gasteiger partial charge in [-0.15, -0.1) is 0 Å². The Hall–Kier alpha value is -2.33. The number of rotatable bonds is 7. The van der Waals surface area contributed by atoms with Crippen molar-refractivity contribution in [3.63, 3.8) is 0 Å². The van der Waals surface area contributed by atoms with E-state index in [-0.39, 0.29) is 12.1 Å². The van der Waals surface area contributed by atoms with Crippen molar-refractivity contribution in [2.24, 2.45) is 5.92 Å². The minimum Gasteiger partial charge on any atom is -0.438 e. The minimum atomic E-state index is -0.951. The van der Waals surface area contributed by atoms with Crippen molar-refractivity contribution in [3.8, 4) is 0 Å². The zero-order valence-corrected chi connectivity index (χ0v) is 23.8. The van der Waals surface area contributed by atoms with Crippen LogP contribution in [-0.4, -0.2) is 28.2 Å². The highest BCUT2D eigenvalue weighted by molar-refractivity contribution is 5.70. The van der Waals surface area contributed by atoms with Crippen LogP contribution in [0.2, 0.25) is 0 Å². The zero-order valence-electron chi connectivity index (χ0n) is 23.8. The van der Waals surface area contributed by atoms with Crippen LogP contribution in [0, 0.1) is 5.92 Å². The van der Waals surface area contributed by atoms with Crippen molar-refractivity contribution in [2.75, 3.05) is 6.54 Å². The van der Waals surface area contributed by atoms with Gasteiger partial charge in [-0.2, -0.15) is 0 Å². The molecule has 4 heteroatoms. The van der Waals surface area contributed by atoms with Gasteiger partial charge >= 0.3 is 6.09 Å². The van der Waals surface area contributed by atoms with Crippen LogP contribution in [0.3, 0.4) is 0 Å². The van der Waals surface area contributed by atoms with Gasteiger partial charge in [-0.1, -0.05) is 93.1 Å². The molecular weight excluding hydrogens is 470 g/mol. The number of ether oxygens (including phenoxy) is 1. The van der Waals surface area contributed by atoms with Gasteiger partial charge in [0, 0.05) is 19.4 Å². The number of carbonyl (C=O) groups excluding carboxylic acids is 1. The van der Waals surface area contributed by atoms with E-state index in [1.807, 2.05) is 35.2 Å². The molecule has 2 atom stereocenters. The Morgan fingerprint density at radius 2 is 1.53 bits per heavy atom. The van der Waals surface area contributed by atoms with E-state index in [0.29, 0.717) is 24.8 Å². The molecule has 0 bridgehead atoms. The molecule has 206 valence electrons. The molecule has 1 amide bonds. The van der Waals surface area contributed by atoms with E-state index in [9.17, 15) is 9.90 Å². The number of nitrogens with zero attached hydrogens (tertiary/aromatic N) is 1. The van der Waals surface area contributed by atoms with Gasteiger partial charge in [-0.25, -0.2) is 4.79 Å². The molecule has 3 fully saturated rings. The highest BCUT2D eigenvalue weighted by atomic mass is 16.6. The first kappa shape index (κ1) is 27.2. The lowest BCUT2D eigenvalue weighted by Crippen LogP contribution is -2.51. The maximum absolute atomic E-state index is 13.5. The van der Waals surface area contributed by atoms with E-state index < -0.39 is 11.2 Å². The molecule has 5 rings (SSSR count). The summed E-state index contributed by atoms with van der Waals surface area (Å²) in [5.74, 6) is 0.818. The van der Waals surface area contributed by atoms with Gasteiger partial charge in [-0.05, 0) is 74.5 Å². The van der Waals surface area contributed by atoms with E-state index >= 15 is 0 Å². The maximum atomic E-state index is 13.5. The van der Waals surface area contributed by atoms with Crippen LogP contribution in [-0.2, 0) is 15.8 Å². The monoisotopic (exact) mass is 517 g/mol. The van der Waals surface area contributed by atoms with Gasteiger partial charge in [0.1, 0.15) is 5.60 Å². The summed E-state index contributed by atoms with van der Waals surface area (Å²) in [6.07, 6.45) is 14.4. The first-order valence-electron chi connectivity index (χ1n) is 15.1. The van der Waals surface area contributed by atoms with Crippen molar-refractivity contribution >= 4 is 6.09 Å². The molecular formula is C34H47NO3. The lowest BCUT2D eigenvalue weighted by molar-refractivity contribution is -0.101. The van der Waals surface area contributed by atoms with Gasteiger partial charge in [-0.3, -0.25) is 0 Å². The number of hydrogen-bond donors (Lipinski definition) is 1. The lowest BCUT2D eigenvalue weighted by atomic mass is 9.58. The van der Waals surface area contributed by atoms with Gasteiger partial charge in [0.15, 0.2) is 0 Å².